The van der Waals surface area contributed by atoms with Crippen molar-refractivity contribution in [3.8, 4) is 0 Å². The second kappa shape index (κ2) is 17.9. The second-order valence-corrected chi connectivity index (χ2v) is 8.58. The summed E-state index contributed by atoms with van der Waals surface area (Å²) in [6.45, 7) is 21.9. The van der Waals surface area contributed by atoms with Gasteiger partial charge in [-0.25, -0.2) is 0 Å². The van der Waals surface area contributed by atoms with Gasteiger partial charge in [-0.3, -0.25) is 0 Å². The molecule has 186 valence electrons. The zero-order valence-electron chi connectivity index (χ0n) is 21.1. The van der Waals surface area contributed by atoms with E-state index in [1.807, 2.05) is 83.1 Å². The molecule has 3 amide bonds. The van der Waals surface area contributed by atoms with E-state index in [0.29, 0.717) is 0 Å². The zero-order valence-corrected chi connectivity index (χ0v) is 22.1. The van der Waals surface area contributed by atoms with Crippen LogP contribution < -0.4 is 15.3 Å². The normalized spacial score (nSPS) is 10.3. The van der Waals surface area contributed by atoms with E-state index < -0.39 is 18.3 Å². The van der Waals surface area contributed by atoms with E-state index in [-0.39, 0.29) is 53.0 Å². The first-order chi connectivity index (χ1) is 13.4. The molecule has 9 nitrogen and oxygen atoms in total. The maximum atomic E-state index is 10.4. The fourth-order valence-corrected chi connectivity index (χ4v) is 3.05. The molecule has 0 spiro atoms. The Morgan fingerprint density at radius 1 is 0.419 bits per heavy atom. The minimum absolute atomic E-state index is 0. The van der Waals surface area contributed by atoms with Crippen molar-refractivity contribution in [3.63, 3.8) is 0 Å². The molecule has 0 bridgehead atoms. The van der Waals surface area contributed by atoms with Gasteiger partial charge in [0.1, 0.15) is 18.3 Å². The quantitative estimate of drug-likeness (QED) is 0.551. The van der Waals surface area contributed by atoms with Crippen molar-refractivity contribution in [2.75, 3.05) is 0 Å². The van der Waals surface area contributed by atoms with E-state index >= 15 is 0 Å². The molecule has 0 heterocycles. The summed E-state index contributed by atoms with van der Waals surface area (Å²) >= 11 is 0. The van der Waals surface area contributed by atoms with Crippen LogP contribution in [0.3, 0.4) is 0 Å². The number of carbonyl (C=O) groups is 3. The third-order valence-electron chi connectivity index (χ3n) is 3.97. The predicted molar refractivity (Wildman–Crippen MR) is 113 cm³/mol. The summed E-state index contributed by atoms with van der Waals surface area (Å²) in [7, 11) is 0. The molecule has 0 aliphatic carbocycles. The van der Waals surface area contributed by atoms with Gasteiger partial charge in [0.2, 0.25) is 0 Å². The van der Waals surface area contributed by atoms with E-state index in [9.17, 15) is 29.7 Å². The third kappa shape index (κ3) is 16.7. The summed E-state index contributed by atoms with van der Waals surface area (Å²) in [6.07, 6.45) is -3.28. The molecule has 0 N–H and O–H groups in total. The summed E-state index contributed by atoms with van der Waals surface area (Å²) in [5, 5.41) is 31.2. The van der Waals surface area contributed by atoms with Crippen LogP contribution in [0.1, 0.15) is 83.1 Å². The minimum atomic E-state index is -1.09. The first kappa shape index (κ1) is 36.7. The number of hydrogen-bond acceptors (Lipinski definition) is 6. The van der Waals surface area contributed by atoms with Gasteiger partial charge in [0.15, 0.2) is 0 Å². The molecule has 0 aromatic carbocycles. The molecular formula is C21H42CoN3O6. The average Bonchev–Trinajstić information content (AvgIpc) is 2.43. The van der Waals surface area contributed by atoms with Crippen molar-refractivity contribution in [1.29, 1.82) is 0 Å². The Balaban J connectivity index is -0.000000174. The second-order valence-electron chi connectivity index (χ2n) is 8.58. The largest absolute Gasteiger partial charge is 3.00 e. The Morgan fingerprint density at radius 3 is 0.516 bits per heavy atom. The van der Waals surface area contributed by atoms with Gasteiger partial charge in [-0.1, -0.05) is 0 Å². The number of carboxylic acid groups (broad SMARTS) is 3. The van der Waals surface area contributed by atoms with E-state index in [0.717, 1.165) is 0 Å². The zero-order chi connectivity index (χ0) is 24.9. The van der Waals surface area contributed by atoms with Crippen molar-refractivity contribution in [3.05, 3.63) is 0 Å². The summed E-state index contributed by atoms with van der Waals surface area (Å²) in [5.41, 5.74) is 0. The Morgan fingerprint density at radius 2 is 0.516 bits per heavy atom. The standard InChI is InChI=1S/3C7H15NO2.Co/c3*1-5(2)8(6(3)4)7(9)10;/h3*5-6H,1-4H3,(H,9,10);/q;;;+3/p-3. The van der Waals surface area contributed by atoms with Crippen LogP contribution in [-0.4, -0.2) is 69.2 Å². The van der Waals surface area contributed by atoms with Crippen LogP contribution in [-0.2, 0) is 16.8 Å². The molecule has 10 heteroatoms. The van der Waals surface area contributed by atoms with Gasteiger partial charge in [-0.05, 0) is 83.1 Å². The average molecular weight is 492 g/mol. The molecule has 0 rings (SSSR count). The van der Waals surface area contributed by atoms with Crippen molar-refractivity contribution in [2.24, 2.45) is 0 Å². The fourth-order valence-electron chi connectivity index (χ4n) is 3.05. The SMILES string of the molecule is CC(C)N(C(=O)[O-])C(C)C.CC(C)N(C(=O)[O-])C(C)C.CC(C)N(C(=O)[O-])C(C)C.[Co+3]. The van der Waals surface area contributed by atoms with Crippen molar-refractivity contribution >= 4 is 18.3 Å². The monoisotopic (exact) mass is 491 g/mol. The maximum Gasteiger partial charge on any atom is 3.00 e. The molecule has 0 unspecified atom stereocenters. The van der Waals surface area contributed by atoms with Gasteiger partial charge in [0.05, 0.1) is 0 Å². The number of nitrogens with zero attached hydrogens (tertiary/aromatic N) is 3. The van der Waals surface area contributed by atoms with Gasteiger partial charge in [-0.2, -0.15) is 0 Å². The summed E-state index contributed by atoms with van der Waals surface area (Å²) in [6, 6.07) is 0.0278. The molecular weight excluding hydrogens is 449 g/mol. The topological polar surface area (TPSA) is 130 Å². The molecule has 0 atom stereocenters. The van der Waals surface area contributed by atoms with Gasteiger partial charge < -0.3 is 44.4 Å². The summed E-state index contributed by atoms with van der Waals surface area (Å²) < 4.78 is 0. The van der Waals surface area contributed by atoms with Crippen LogP contribution in [0.5, 0.6) is 0 Å². The number of amides is 3. The molecule has 0 aliphatic heterocycles. The van der Waals surface area contributed by atoms with E-state index in [2.05, 4.69) is 0 Å². The molecule has 0 saturated carbocycles. The van der Waals surface area contributed by atoms with Crippen LogP contribution in [0.2, 0.25) is 0 Å². The predicted octanol–water partition coefficient (Wildman–Crippen LogP) is 1.34. The Hall–Kier alpha value is -1.68. The van der Waals surface area contributed by atoms with Crippen LogP contribution in [0, 0.1) is 0 Å². The Bertz CT molecular complexity index is 416. The first-order valence-electron chi connectivity index (χ1n) is 10.4. The van der Waals surface area contributed by atoms with Crippen LogP contribution >= 0.6 is 0 Å². The minimum Gasteiger partial charge on any atom is -0.530 e. The Labute approximate surface area is 199 Å². The van der Waals surface area contributed by atoms with Crippen molar-refractivity contribution in [2.45, 2.75) is 119 Å². The van der Waals surface area contributed by atoms with Crippen LogP contribution in [0.15, 0.2) is 0 Å². The maximum absolute atomic E-state index is 10.4. The number of rotatable bonds is 6. The Kier molecular flexibility index (Phi) is 21.2. The third-order valence-corrected chi connectivity index (χ3v) is 3.97. The molecule has 0 radical (unpaired) electrons. The smallest absolute Gasteiger partial charge is 0.530 e. The van der Waals surface area contributed by atoms with Crippen molar-refractivity contribution < 1.29 is 46.5 Å². The fraction of sp³-hybridized carbons (Fsp3) is 0.857. The molecule has 0 fully saturated rings. The summed E-state index contributed by atoms with van der Waals surface area (Å²) in [5.74, 6) is 0. The van der Waals surface area contributed by atoms with Crippen LogP contribution in [0.25, 0.3) is 0 Å². The van der Waals surface area contributed by atoms with E-state index in [1.54, 1.807) is 0 Å². The van der Waals surface area contributed by atoms with Crippen LogP contribution in [0.4, 0.5) is 14.4 Å². The van der Waals surface area contributed by atoms with E-state index in [1.165, 1.54) is 14.7 Å². The molecule has 0 aliphatic rings. The molecule has 0 saturated heterocycles. The molecule has 0 aromatic rings. The van der Waals surface area contributed by atoms with Gasteiger partial charge in [-0.15, -0.1) is 0 Å². The molecule has 0 aromatic heterocycles. The van der Waals surface area contributed by atoms with E-state index in [4.69, 9.17) is 0 Å². The molecule has 31 heavy (non-hydrogen) atoms. The number of carbonyl (C=O) groups excluding carboxylic acids is 3. The summed E-state index contributed by atoms with van der Waals surface area (Å²) in [4.78, 5) is 35.1. The van der Waals surface area contributed by atoms with Gasteiger partial charge >= 0.3 is 16.8 Å². The first-order valence-corrected chi connectivity index (χ1v) is 10.4. The van der Waals surface area contributed by atoms with Gasteiger partial charge in [0, 0.05) is 36.3 Å². The van der Waals surface area contributed by atoms with Gasteiger partial charge in [0.25, 0.3) is 0 Å². The van der Waals surface area contributed by atoms with Crippen molar-refractivity contribution in [1.82, 2.24) is 14.7 Å². The number of hydrogen-bond donors (Lipinski definition) is 0.